The van der Waals surface area contributed by atoms with Crippen LogP contribution in [-0.2, 0) is 11.2 Å². The van der Waals surface area contributed by atoms with Crippen LogP contribution in [-0.4, -0.2) is 19.7 Å². The van der Waals surface area contributed by atoms with Gasteiger partial charge < -0.3 is 10.1 Å². The third-order valence-electron chi connectivity index (χ3n) is 3.05. The van der Waals surface area contributed by atoms with Gasteiger partial charge in [0.1, 0.15) is 0 Å². The zero-order valence-corrected chi connectivity index (χ0v) is 9.55. The highest BCUT2D eigenvalue weighted by molar-refractivity contribution is 5.32. The number of nitrogens with one attached hydrogen (secondary N) is 1. The van der Waals surface area contributed by atoms with Crippen LogP contribution >= 0.6 is 0 Å². The van der Waals surface area contributed by atoms with E-state index in [1.807, 2.05) is 0 Å². The van der Waals surface area contributed by atoms with Crippen molar-refractivity contribution < 1.29 is 4.74 Å². The van der Waals surface area contributed by atoms with Crippen molar-refractivity contribution in [3.05, 3.63) is 34.9 Å². The topological polar surface area (TPSA) is 21.3 Å². The minimum absolute atomic E-state index is 0.240. The lowest BCUT2D eigenvalue weighted by Crippen LogP contribution is -2.33. The van der Waals surface area contributed by atoms with Gasteiger partial charge in [0.25, 0.3) is 0 Å². The molecule has 0 spiro atoms. The van der Waals surface area contributed by atoms with Crippen LogP contribution in [0.5, 0.6) is 0 Å². The number of hydrogen-bond donors (Lipinski definition) is 1. The van der Waals surface area contributed by atoms with Crippen LogP contribution in [0.1, 0.15) is 29.7 Å². The van der Waals surface area contributed by atoms with E-state index in [1.54, 1.807) is 0 Å². The first kappa shape index (κ1) is 10.7. The summed E-state index contributed by atoms with van der Waals surface area (Å²) < 4.78 is 5.74. The van der Waals surface area contributed by atoms with Gasteiger partial charge in [-0.1, -0.05) is 25.1 Å². The number of morpholine rings is 1. The monoisotopic (exact) mass is 205 g/mol. The second-order valence-corrected chi connectivity index (χ2v) is 4.10. The minimum atomic E-state index is 0.240. The SMILES string of the molecule is CCc1cc(C2CNCCO2)ccc1C. The highest BCUT2D eigenvalue weighted by Crippen LogP contribution is 2.21. The highest BCUT2D eigenvalue weighted by atomic mass is 16.5. The largest absolute Gasteiger partial charge is 0.371 e. The van der Waals surface area contributed by atoms with Gasteiger partial charge in [-0.05, 0) is 30.0 Å². The second kappa shape index (κ2) is 4.77. The van der Waals surface area contributed by atoms with Crippen molar-refractivity contribution in [2.45, 2.75) is 26.4 Å². The maximum absolute atomic E-state index is 5.74. The van der Waals surface area contributed by atoms with E-state index < -0.39 is 0 Å². The molecule has 1 aromatic rings. The van der Waals surface area contributed by atoms with Gasteiger partial charge in [-0.2, -0.15) is 0 Å². The fraction of sp³-hybridized carbons (Fsp3) is 0.538. The molecule has 0 aliphatic carbocycles. The minimum Gasteiger partial charge on any atom is -0.371 e. The number of aryl methyl sites for hydroxylation is 2. The zero-order valence-electron chi connectivity index (χ0n) is 9.55. The summed E-state index contributed by atoms with van der Waals surface area (Å²) in [6, 6.07) is 6.67. The summed E-state index contributed by atoms with van der Waals surface area (Å²) in [5.41, 5.74) is 4.12. The molecule has 2 heteroatoms. The summed E-state index contributed by atoms with van der Waals surface area (Å²) in [5, 5.41) is 3.36. The van der Waals surface area contributed by atoms with Crippen molar-refractivity contribution in [1.29, 1.82) is 0 Å². The molecule has 82 valence electrons. The third kappa shape index (κ3) is 2.39. The first-order valence-corrected chi connectivity index (χ1v) is 5.73. The molecule has 1 N–H and O–H groups in total. The van der Waals surface area contributed by atoms with Crippen LogP contribution in [0.4, 0.5) is 0 Å². The quantitative estimate of drug-likeness (QED) is 0.799. The van der Waals surface area contributed by atoms with E-state index in [2.05, 4.69) is 37.4 Å². The Morgan fingerprint density at radius 3 is 3.00 bits per heavy atom. The molecule has 1 unspecified atom stereocenters. The highest BCUT2D eigenvalue weighted by Gasteiger charge is 2.15. The van der Waals surface area contributed by atoms with Gasteiger partial charge in [0.05, 0.1) is 12.7 Å². The standard InChI is InChI=1S/C13H19NO/c1-3-11-8-12(5-4-10(11)2)13-9-14-6-7-15-13/h4-5,8,13-14H,3,6-7,9H2,1-2H3. The number of ether oxygens (including phenoxy) is 1. The maximum atomic E-state index is 5.74. The molecule has 0 saturated carbocycles. The van der Waals surface area contributed by atoms with Gasteiger partial charge >= 0.3 is 0 Å². The van der Waals surface area contributed by atoms with E-state index in [9.17, 15) is 0 Å². The molecule has 2 nitrogen and oxygen atoms in total. The zero-order chi connectivity index (χ0) is 10.7. The fourth-order valence-corrected chi connectivity index (χ4v) is 2.05. The van der Waals surface area contributed by atoms with Crippen molar-refractivity contribution in [1.82, 2.24) is 5.32 Å². The average molecular weight is 205 g/mol. The first-order valence-electron chi connectivity index (χ1n) is 5.73. The predicted octanol–water partition coefficient (Wildman–Crippen LogP) is 2.22. The van der Waals surface area contributed by atoms with Crippen molar-refractivity contribution in [3.8, 4) is 0 Å². The number of rotatable bonds is 2. The molecule has 0 bridgehead atoms. The van der Waals surface area contributed by atoms with Gasteiger partial charge in [-0.3, -0.25) is 0 Å². The van der Waals surface area contributed by atoms with Gasteiger partial charge in [0.15, 0.2) is 0 Å². The van der Waals surface area contributed by atoms with Crippen LogP contribution in [0.25, 0.3) is 0 Å². The molecule has 2 rings (SSSR count). The Bertz CT molecular complexity index is 329. The summed E-state index contributed by atoms with van der Waals surface area (Å²) in [6.07, 6.45) is 1.34. The number of benzene rings is 1. The van der Waals surface area contributed by atoms with Gasteiger partial charge in [0.2, 0.25) is 0 Å². The van der Waals surface area contributed by atoms with Crippen LogP contribution in [0.3, 0.4) is 0 Å². The average Bonchev–Trinajstić information content (AvgIpc) is 2.31. The van der Waals surface area contributed by atoms with Gasteiger partial charge in [0, 0.05) is 13.1 Å². The van der Waals surface area contributed by atoms with E-state index in [0.29, 0.717) is 0 Å². The maximum Gasteiger partial charge on any atom is 0.0949 e. The molecule has 1 atom stereocenters. The van der Waals surface area contributed by atoms with Crippen molar-refractivity contribution in [2.75, 3.05) is 19.7 Å². The first-order chi connectivity index (χ1) is 7.31. The van der Waals surface area contributed by atoms with Crippen LogP contribution in [0.15, 0.2) is 18.2 Å². The van der Waals surface area contributed by atoms with E-state index >= 15 is 0 Å². The molecule has 0 radical (unpaired) electrons. The Hall–Kier alpha value is -0.860. The van der Waals surface area contributed by atoms with Gasteiger partial charge in [-0.25, -0.2) is 0 Å². The van der Waals surface area contributed by atoms with Crippen molar-refractivity contribution in [2.24, 2.45) is 0 Å². The lowest BCUT2D eigenvalue weighted by molar-refractivity contribution is 0.0276. The molecule has 1 aromatic carbocycles. The summed E-state index contributed by atoms with van der Waals surface area (Å²) in [6.45, 7) is 7.10. The fourth-order valence-electron chi connectivity index (χ4n) is 2.05. The Kier molecular flexibility index (Phi) is 3.39. The molecule has 1 fully saturated rings. The van der Waals surface area contributed by atoms with E-state index in [0.717, 1.165) is 26.1 Å². The number of hydrogen-bond acceptors (Lipinski definition) is 2. The summed E-state index contributed by atoms with van der Waals surface area (Å²) in [5.74, 6) is 0. The molecular formula is C13H19NO. The van der Waals surface area contributed by atoms with Crippen LogP contribution in [0.2, 0.25) is 0 Å². The lowest BCUT2D eigenvalue weighted by Gasteiger charge is -2.24. The lowest BCUT2D eigenvalue weighted by atomic mass is 9.99. The van der Waals surface area contributed by atoms with Gasteiger partial charge in [-0.15, -0.1) is 0 Å². The Morgan fingerprint density at radius 1 is 1.47 bits per heavy atom. The molecule has 1 heterocycles. The predicted molar refractivity (Wildman–Crippen MR) is 62.1 cm³/mol. The Morgan fingerprint density at radius 2 is 2.33 bits per heavy atom. The third-order valence-corrected chi connectivity index (χ3v) is 3.05. The van der Waals surface area contributed by atoms with Crippen molar-refractivity contribution in [3.63, 3.8) is 0 Å². The summed E-state index contributed by atoms with van der Waals surface area (Å²) >= 11 is 0. The molecule has 1 aliphatic heterocycles. The second-order valence-electron chi connectivity index (χ2n) is 4.10. The van der Waals surface area contributed by atoms with Crippen LogP contribution in [0, 0.1) is 6.92 Å². The molecule has 1 aliphatic rings. The Labute approximate surface area is 91.6 Å². The molecule has 15 heavy (non-hydrogen) atoms. The summed E-state index contributed by atoms with van der Waals surface area (Å²) in [7, 11) is 0. The van der Waals surface area contributed by atoms with E-state index in [-0.39, 0.29) is 6.10 Å². The van der Waals surface area contributed by atoms with E-state index in [1.165, 1.54) is 16.7 Å². The molecule has 1 saturated heterocycles. The van der Waals surface area contributed by atoms with E-state index in [4.69, 9.17) is 4.74 Å². The normalized spacial score (nSPS) is 21.6. The molecular weight excluding hydrogens is 186 g/mol. The summed E-state index contributed by atoms with van der Waals surface area (Å²) in [4.78, 5) is 0. The Balaban J connectivity index is 2.20. The van der Waals surface area contributed by atoms with Crippen LogP contribution < -0.4 is 5.32 Å². The van der Waals surface area contributed by atoms with Crippen molar-refractivity contribution >= 4 is 0 Å². The molecule has 0 amide bonds. The molecule has 0 aromatic heterocycles. The smallest absolute Gasteiger partial charge is 0.0949 e.